The Balaban J connectivity index is 1.71. The molecule has 0 aliphatic carbocycles. The van der Waals surface area contributed by atoms with E-state index in [-0.39, 0.29) is 22.6 Å². The number of nitrogens with one attached hydrogen (secondary N) is 1. The lowest BCUT2D eigenvalue weighted by atomic mass is 9.97. The summed E-state index contributed by atoms with van der Waals surface area (Å²) in [5, 5.41) is 2.95. The average Bonchev–Trinajstić information content (AvgIpc) is 2.73. The summed E-state index contributed by atoms with van der Waals surface area (Å²) in [5.74, 6) is 0.289. The molecule has 0 saturated carbocycles. The number of rotatable bonds is 6. The van der Waals surface area contributed by atoms with E-state index >= 15 is 0 Å². The molecule has 3 rings (SSSR count). The number of nitrogens with zero attached hydrogens (tertiary/aromatic N) is 1. The van der Waals surface area contributed by atoms with Crippen LogP contribution in [0.5, 0.6) is 5.75 Å². The molecule has 162 valence electrons. The number of benzene rings is 2. The highest BCUT2D eigenvalue weighted by molar-refractivity contribution is 7.89. The van der Waals surface area contributed by atoms with Gasteiger partial charge in [0.25, 0.3) is 0 Å². The minimum atomic E-state index is -3.70. The molecule has 1 aliphatic heterocycles. The normalized spacial score (nSPS) is 15.9. The van der Waals surface area contributed by atoms with Crippen molar-refractivity contribution in [3.05, 3.63) is 53.6 Å². The lowest BCUT2D eigenvalue weighted by molar-refractivity contribution is -0.120. The minimum absolute atomic E-state index is 0.0583. The number of aryl methyl sites for hydroxylation is 1. The van der Waals surface area contributed by atoms with E-state index in [1.807, 2.05) is 51.1 Å². The molecule has 0 atom stereocenters. The van der Waals surface area contributed by atoms with Gasteiger partial charge in [-0.25, -0.2) is 8.42 Å². The molecule has 0 aromatic heterocycles. The molecule has 1 heterocycles. The van der Waals surface area contributed by atoms with Gasteiger partial charge in [-0.2, -0.15) is 4.31 Å². The Morgan fingerprint density at radius 3 is 2.43 bits per heavy atom. The van der Waals surface area contributed by atoms with Gasteiger partial charge in [0, 0.05) is 24.7 Å². The molecule has 0 spiro atoms. The highest BCUT2D eigenvalue weighted by Crippen LogP contribution is 2.32. The van der Waals surface area contributed by atoms with Gasteiger partial charge in [0.1, 0.15) is 10.6 Å². The van der Waals surface area contributed by atoms with Crippen LogP contribution in [0.25, 0.3) is 0 Å². The number of carbonyl (C=O) groups is 1. The van der Waals surface area contributed by atoms with E-state index in [0.717, 1.165) is 16.8 Å². The number of hydrogen-bond donors (Lipinski definition) is 1. The molecule has 1 fully saturated rings. The van der Waals surface area contributed by atoms with Crippen LogP contribution in [0.2, 0.25) is 0 Å². The largest absolute Gasteiger partial charge is 0.495 e. The van der Waals surface area contributed by atoms with Crippen molar-refractivity contribution in [3.8, 4) is 5.75 Å². The Labute approximate surface area is 179 Å². The lowest BCUT2D eigenvalue weighted by Crippen LogP contribution is -2.41. The minimum Gasteiger partial charge on any atom is -0.495 e. The summed E-state index contributed by atoms with van der Waals surface area (Å²) < 4.78 is 33.4. The van der Waals surface area contributed by atoms with Crippen molar-refractivity contribution < 1.29 is 17.9 Å². The van der Waals surface area contributed by atoms with Crippen molar-refractivity contribution in [3.63, 3.8) is 0 Å². The summed E-state index contributed by atoms with van der Waals surface area (Å²) in [6.07, 6.45) is 0.978. The van der Waals surface area contributed by atoms with Gasteiger partial charge in [-0.05, 0) is 61.1 Å². The van der Waals surface area contributed by atoms with Crippen molar-refractivity contribution in [2.45, 2.75) is 44.4 Å². The standard InChI is InChI=1S/C23H30N2O4S/c1-16(2)19-8-9-21(29-4)22(15-19)30(27,28)25-12-10-18(11-13-25)23(26)24-20-7-5-6-17(3)14-20/h5-9,14-16,18H,10-13H2,1-4H3,(H,24,26). The van der Waals surface area contributed by atoms with E-state index in [4.69, 9.17) is 4.74 Å². The van der Waals surface area contributed by atoms with Crippen molar-refractivity contribution in [2.75, 3.05) is 25.5 Å². The summed E-state index contributed by atoms with van der Waals surface area (Å²) in [5.41, 5.74) is 2.79. The fourth-order valence-corrected chi connectivity index (χ4v) is 5.38. The van der Waals surface area contributed by atoms with Crippen LogP contribution in [0.4, 0.5) is 5.69 Å². The van der Waals surface area contributed by atoms with Crippen LogP contribution in [0.1, 0.15) is 43.7 Å². The third-order valence-corrected chi connectivity index (χ3v) is 7.50. The van der Waals surface area contributed by atoms with Crippen LogP contribution in [0, 0.1) is 12.8 Å². The predicted molar refractivity (Wildman–Crippen MR) is 118 cm³/mol. The molecule has 1 aliphatic rings. The maximum atomic E-state index is 13.3. The Morgan fingerprint density at radius 1 is 1.13 bits per heavy atom. The van der Waals surface area contributed by atoms with E-state index in [9.17, 15) is 13.2 Å². The van der Waals surface area contributed by atoms with Gasteiger partial charge in [0.05, 0.1) is 7.11 Å². The Morgan fingerprint density at radius 2 is 1.83 bits per heavy atom. The molecular formula is C23H30N2O4S. The highest BCUT2D eigenvalue weighted by atomic mass is 32.2. The van der Waals surface area contributed by atoms with Crippen molar-refractivity contribution in [1.82, 2.24) is 4.31 Å². The third-order valence-electron chi connectivity index (χ3n) is 5.58. The van der Waals surface area contributed by atoms with Gasteiger partial charge < -0.3 is 10.1 Å². The number of piperidine rings is 1. The number of amides is 1. The Hall–Kier alpha value is -2.38. The molecule has 0 radical (unpaired) electrons. The van der Waals surface area contributed by atoms with Crippen LogP contribution >= 0.6 is 0 Å². The molecule has 1 saturated heterocycles. The number of methoxy groups -OCH3 is 1. The first-order valence-corrected chi connectivity index (χ1v) is 11.7. The van der Waals surface area contributed by atoms with Gasteiger partial charge in [-0.15, -0.1) is 0 Å². The van der Waals surface area contributed by atoms with Crippen molar-refractivity contribution >= 4 is 21.6 Å². The maximum absolute atomic E-state index is 13.3. The lowest BCUT2D eigenvalue weighted by Gasteiger charge is -2.31. The second-order valence-electron chi connectivity index (χ2n) is 8.10. The quantitative estimate of drug-likeness (QED) is 0.746. The fraction of sp³-hybridized carbons (Fsp3) is 0.435. The summed E-state index contributed by atoms with van der Waals surface area (Å²) in [6, 6.07) is 13.0. The third kappa shape index (κ3) is 4.84. The summed E-state index contributed by atoms with van der Waals surface area (Å²) >= 11 is 0. The molecule has 0 bridgehead atoms. The molecule has 2 aromatic carbocycles. The fourth-order valence-electron chi connectivity index (χ4n) is 3.72. The summed E-state index contributed by atoms with van der Waals surface area (Å²) in [4.78, 5) is 12.8. The zero-order valence-corrected chi connectivity index (χ0v) is 18.8. The van der Waals surface area contributed by atoms with Gasteiger partial charge in [-0.1, -0.05) is 32.0 Å². The smallest absolute Gasteiger partial charge is 0.246 e. The average molecular weight is 431 g/mol. The number of carbonyl (C=O) groups excluding carboxylic acids is 1. The van der Waals surface area contributed by atoms with Gasteiger partial charge in [-0.3, -0.25) is 4.79 Å². The maximum Gasteiger partial charge on any atom is 0.246 e. The van der Waals surface area contributed by atoms with Crippen LogP contribution in [0.3, 0.4) is 0 Å². The van der Waals surface area contributed by atoms with Gasteiger partial charge in [0.2, 0.25) is 15.9 Å². The molecule has 7 heteroatoms. The topological polar surface area (TPSA) is 75.7 Å². The van der Waals surface area contributed by atoms with Crippen LogP contribution in [-0.2, 0) is 14.8 Å². The molecular weight excluding hydrogens is 400 g/mol. The Kier molecular flexibility index (Phi) is 6.83. The number of sulfonamides is 1. The molecule has 1 amide bonds. The molecule has 1 N–H and O–H groups in total. The van der Waals surface area contributed by atoms with Gasteiger partial charge in [0.15, 0.2) is 0 Å². The number of anilines is 1. The number of ether oxygens (including phenoxy) is 1. The second kappa shape index (κ2) is 9.18. The van der Waals surface area contributed by atoms with Crippen molar-refractivity contribution in [2.24, 2.45) is 5.92 Å². The van der Waals surface area contributed by atoms with E-state index in [0.29, 0.717) is 31.7 Å². The van der Waals surface area contributed by atoms with Crippen LogP contribution < -0.4 is 10.1 Å². The monoisotopic (exact) mass is 430 g/mol. The van der Waals surface area contributed by atoms with Crippen LogP contribution in [0.15, 0.2) is 47.4 Å². The van der Waals surface area contributed by atoms with E-state index < -0.39 is 10.0 Å². The first-order chi connectivity index (χ1) is 14.2. The zero-order chi connectivity index (χ0) is 21.9. The molecule has 2 aromatic rings. The molecule has 6 nitrogen and oxygen atoms in total. The zero-order valence-electron chi connectivity index (χ0n) is 18.0. The van der Waals surface area contributed by atoms with E-state index in [1.165, 1.54) is 11.4 Å². The molecule has 30 heavy (non-hydrogen) atoms. The number of hydrogen-bond acceptors (Lipinski definition) is 4. The summed E-state index contributed by atoms with van der Waals surface area (Å²) in [6.45, 7) is 6.64. The first-order valence-electron chi connectivity index (χ1n) is 10.3. The van der Waals surface area contributed by atoms with E-state index in [1.54, 1.807) is 12.1 Å². The highest BCUT2D eigenvalue weighted by Gasteiger charge is 2.34. The second-order valence-corrected chi connectivity index (χ2v) is 10.0. The Bertz CT molecular complexity index is 1010. The SMILES string of the molecule is COc1ccc(C(C)C)cc1S(=O)(=O)N1CCC(C(=O)Nc2cccc(C)c2)CC1. The first kappa shape index (κ1) is 22.3. The van der Waals surface area contributed by atoms with E-state index in [2.05, 4.69) is 5.32 Å². The summed E-state index contributed by atoms with van der Waals surface area (Å²) in [7, 11) is -2.22. The predicted octanol–water partition coefficient (Wildman–Crippen LogP) is 4.17. The molecule has 0 unspecified atom stereocenters. The van der Waals surface area contributed by atoms with Crippen LogP contribution in [-0.4, -0.2) is 38.8 Å². The van der Waals surface area contributed by atoms with Gasteiger partial charge >= 0.3 is 0 Å². The van der Waals surface area contributed by atoms with Crippen molar-refractivity contribution in [1.29, 1.82) is 0 Å².